The monoisotopic (exact) mass is 206 g/mol. The predicted molar refractivity (Wildman–Crippen MR) is 55.8 cm³/mol. The third-order valence-corrected chi connectivity index (χ3v) is 2.81. The molecule has 2 aromatic heterocycles. The van der Waals surface area contributed by atoms with E-state index in [0.29, 0.717) is 12.2 Å². The van der Waals surface area contributed by atoms with E-state index in [4.69, 9.17) is 0 Å². The highest BCUT2D eigenvalue weighted by Gasteiger charge is 2.02. The summed E-state index contributed by atoms with van der Waals surface area (Å²) < 4.78 is 1.89. The normalized spacial score (nSPS) is 10.4. The van der Waals surface area contributed by atoms with E-state index >= 15 is 0 Å². The molecular weight excluding hydrogens is 196 g/mol. The van der Waals surface area contributed by atoms with E-state index in [1.165, 1.54) is 0 Å². The van der Waals surface area contributed by atoms with Gasteiger partial charge >= 0.3 is 0 Å². The van der Waals surface area contributed by atoms with Crippen LogP contribution in [0.2, 0.25) is 0 Å². The molecule has 0 aromatic carbocycles. The zero-order chi connectivity index (χ0) is 9.97. The first-order valence-corrected chi connectivity index (χ1v) is 5.19. The third-order valence-electron chi connectivity index (χ3n) is 1.98. The molecule has 0 aliphatic carbocycles. The van der Waals surface area contributed by atoms with Crippen LogP contribution in [-0.2, 0) is 6.54 Å². The van der Waals surface area contributed by atoms with Gasteiger partial charge in [-0.1, -0.05) is 0 Å². The van der Waals surface area contributed by atoms with Crippen LogP contribution in [0.1, 0.15) is 21.2 Å². The molecule has 0 saturated carbocycles. The van der Waals surface area contributed by atoms with Crippen LogP contribution in [0.25, 0.3) is 0 Å². The van der Waals surface area contributed by atoms with E-state index in [1.54, 1.807) is 17.4 Å². The van der Waals surface area contributed by atoms with E-state index in [1.807, 2.05) is 29.1 Å². The molecule has 3 nitrogen and oxygen atoms in total. The van der Waals surface area contributed by atoms with Crippen LogP contribution in [0.4, 0.5) is 0 Å². The second-order valence-corrected chi connectivity index (χ2v) is 4.10. The highest BCUT2D eigenvalue weighted by Crippen LogP contribution is 2.10. The molecule has 72 valence electrons. The summed E-state index contributed by atoms with van der Waals surface area (Å²) in [5.41, 5.74) is 1.70. The van der Waals surface area contributed by atoms with Crippen LogP contribution in [0, 0.1) is 6.92 Å². The van der Waals surface area contributed by atoms with E-state index in [0.717, 1.165) is 17.0 Å². The summed E-state index contributed by atoms with van der Waals surface area (Å²) in [4.78, 5) is 15.0. The van der Waals surface area contributed by atoms with Gasteiger partial charge in [-0.2, -0.15) is 0 Å². The van der Waals surface area contributed by atoms with E-state index in [-0.39, 0.29) is 0 Å². The average molecular weight is 206 g/mol. The fraction of sp³-hybridized carbons (Fsp3) is 0.200. The molecule has 0 saturated heterocycles. The molecule has 0 radical (unpaired) electrons. The molecule has 0 unspecified atom stereocenters. The summed E-state index contributed by atoms with van der Waals surface area (Å²) in [5, 5.41) is 3.07. The van der Waals surface area contributed by atoms with Gasteiger partial charge in [0.1, 0.15) is 0 Å². The number of aldehydes is 1. The summed E-state index contributed by atoms with van der Waals surface area (Å²) in [6.07, 6.45) is 2.75. The number of thiazole rings is 1. The Hall–Kier alpha value is -1.42. The van der Waals surface area contributed by atoms with Crippen molar-refractivity contribution in [1.29, 1.82) is 0 Å². The fourth-order valence-corrected chi connectivity index (χ4v) is 1.94. The molecule has 0 spiro atoms. The Labute approximate surface area is 86.0 Å². The Bertz CT molecular complexity index is 444. The Morgan fingerprint density at radius 3 is 3.14 bits per heavy atom. The zero-order valence-corrected chi connectivity index (χ0v) is 8.62. The molecule has 0 atom stereocenters. The topological polar surface area (TPSA) is 34.9 Å². The Morgan fingerprint density at radius 1 is 1.64 bits per heavy atom. The lowest BCUT2D eigenvalue weighted by atomic mass is 10.4. The van der Waals surface area contributed by atoms with Crippen LogP contribution in [0.3, 0.4) is 0 Å². The number of aryl methyl sites for hydroxylation is 1. The minimum absolute atomic E-state index is 0.672. The number of aromatic nitrogens is 2. The van der Waals surface area contributed by atoms with Crippen LogP contribution < -0.4 is 0 Å². The van der Waals surface area contributed by atoms with Crippen molar-refractivity contribution in [3.05, 3.63) is 40.1 Å². The summed E-state index contributed by atoms with van der Waals surface area (Å²) in [6, 6.07) is 3.66. The van der Waals surface area contributed by atoms with Crippen LogP contribution in [0.15, 0.2) is 23.7 Å². The molecule has 2 heterocycles. The maximum absolute atomic E-state index is 10.6. The minimum Gasteiger partial charge on any atom is -0.339 e. The lowest BCUT2D eigenvalue weighted by Crippen LogP contribution is -2.02. The number of carbonyl (C=O) groups excluding carboxylic acids is 1. The number of hydrogen-bond donors (Lipinski definition) is 0. The molecule has 0 aliphatic rings. The van der Waals surface area contributed by atoms with E-state index in [9.17, 15) is 4.79 Å². The largest absolute Gasteiger partial charge is 0.339 e. The van der Waals surface area contributed by atoms with Crippen molar-refractivity contribution in [2.75, 3.05) is 0 Å². The van der Waals surface area contributed by atoms with Gasteiger partial charge in [-0.25, -0.2) is 4.98 Å². The predicted octanol–water partition coefficient (Wildman–Crippen LogP) is 2.11. The maximum Gasteiger partial charge on any atom is 0.166 e. The van der Waals surface area contributed by atoms with Crippen LogP contribution in [-0.4, -0.2) is 15.8 Å². The minimum atomic E-state index is 0.672. The number of rotatable bonds is 3. The Balaban J connectivity index is 2.22. The molecule has 14 heavy (non-hydrogen) atoms. The third kappa shape index (κ3) is 1.75. The van der Waals surface area contributed by atoms with Gasteiger partial charge in [0.25, 0.3) is 0 Å². The molecule has 0 aliphatic heterocycles. The van der Waals surface area contributed by atoms with Gasteiger partial charge < -0.3 is 4.57 Å². The molecule has 0 fully saturated rings. The van der Waals surface area contributed by atoms with Crippen molar-refractivity contribution >= 4 is 17.6 Å². The first-order chi connectivity index (χ1) is 6.79. The Morgan fingerprint density at radius 2 is 2.50 bits per heavy atom. The summed E-state index contributed by atoms with van der Waals surface area (Å²) in [7, 11) is 0. The summed E-state index contributed by atoms with van der Waals surface area (Å²) in [5.74, 6) is 0. The number of hydrogen-bond acceptors (Lipinski definition) is 3. The van der Waals surface area contributed by atoms with Gasteiger partial charge in [0.15, 0.2) is 6.29 Å². The Kier molecular flexibility index (Phi) is 2.45. The second-order valence-electron chi connectivity index (χ2n) is 3.04. The van der Waals surface area contributed by atoms with Crippen molar-refractivity contribution in [3.8, 4) is 0 Å². The van der Waals surface area contributed by atoms with Crippen molar-refractivity contribution in [1.82, 2.24) is 9.55 Å². The molecule has 0 bridgehead atoms. The second kappa shape index (κ2) is 3.75. The molecule has 4 heteroatoms. The van der Waals surface area contributed by atoms with Crippen molar-refractivity contribution < 1.29 is 4.79 Å². The number of nitrogens with zero attached hydrogens (tertiary/aromatic N) is 2. The average Bonchev–Trinajstić information content (AvgIpc) is 2.76. The fourth-order valence-electron chi connectivity index (χ4n) is 1.33. The molecular formula is C10H10N2OS. The first kappa shape index (κ1) is 9.15. The molecule has 0 amide bonds. The van der Waals surface area contributed by atoms with Gasteiger partial charge in [0.2, 0.25) is 0 Å². The standard InChI is InChI=1S/C10H10N2OS/c1-8-11-9(7-14-8)5-12-4-2-3-10(12)6-13/h2-4,6-7H,5H2,1H3. The van der Waals surface area contributed by atoms with Crippen LogP contribution in [0.5, 0.6) is 0 Å². The first-order valence-electron chi connectivity index (χ1n) is 4.31. The van der Waals surface area contributed by atoms with Crippen molar-refractivity contribution in [3.63, 3.8) is 0 Å². The summed E-state index contributed by atoms with van der Waals surface area (Å²) >= 11 is 1.63. The van der Waals surface area contributed by atoms with Gasteiger partial charge in [-0.15, -0.1) is 11.3 Å². The number of carbonyl (C=O) groups is 1. The summed E-state index contributed by atoms with van der Waals surface area (Å²) in [6.45, 7) is 2.65. The van der Waals surface area contributed by atoms with Gasteiger partial charge in [-0.05, 0) is 19.1 Å². The lowest BCUT2D eigenvalue weighted by Gasteiger charge is -2.01. The quantitative estimate of drug-likeness (QED) is 0.721. The van der Waals surface area contributed by atoms with E-state index < -0.39 is 0 Å². The SMILES string of the molecule is Cc1nc(Cn2cccc2C=O)cs1. The maximum atomic E-state index is 10.6. The van der Waals surface area contributed by atoms with Gasteiger partial charge in [0.05, 0.1) is 22.9 Å². The molecule has 0 N–H and O–H groups in total. The van der Waals surface area contributed by atoms with Gasteiger partial charge in [0, 0.05) is 11.6 Å². The van der Waals surface area contributed by atoms with Crippen molar-refractivity contribution in [2.24, 2.45) is 0 Å². The van der Waals surface area contributed by atoms with Crippen LogP contribution >= 0.6 is 11.3 Å². The lowest BCUT2D eigenvalue weighted by molar-refractivity contribution is 0.111. The highest BCUT2D eigenvalue weighted by atomic mass is 32.1. The highest BCUT2D eigenvalue weighted by molar-refractivity contribution is 7.09. The van der Waals surface area contributed by atoms with E-state index in [2.05, 4.69) is 4.98 Å². The zero-order valence-electron chi connectivity index (χ0n) is 7.80. The molecule has 2 rings (SSSR count). The smallest absolute Gasteiger partial charge is 0.166 e. The van der Waals surface area contributed by atoms with Crippen molar-refractivity contribution in [2.45, 2.75) is 13.5 Å². The van der Waals surface area contributed by atoms with Gasteiger partial charge in [-0.3, -0.25) is 4.79 Å². The molecule has 2 aromatic rings.